The van der Waals surface area contributed by atoms with Crippen LogP contribution in [0.25, 0.3) is 0 Å². The average Bonchev–Trinajstić information content (AvgIpc) is 2.84. The summed E-state index contributed by atoms with van der Waals surface area (Å²) in [5.41, 5.74) is 3.45. The molecule has 0 aliphatic carbocycles. The van der Waals surface area contributed by atoms with Gasteiger partial charge in [0.2, 0.25) is 0 Å². The van der Waals surface area contributed by atoms with E-state index < -0.39 is 5.92 Å². The number of aliphatic hydroxyl groups excluding tert-OH is 3. The SMILES string of the molecule is COc1cc(C/C(C(C)=O)=C(/C)O)ccc1CO.COc1cc(CC(C(C)=O)C(C)=O)ccc1CO. The van der Waals surface area contributed by atoms with E-state index in [-0.39, 0.29) is 36.3 Å². The van der Waals surface area contributed by atoms with Gasteiger partial charge in [-0.3, -0.25) is 14.4 Å². The molecule has 8 nitrogen and oxygen atoms in total. The van der Waals surface area contributed by atoms with Crippen LogP contribution in [0.3, 0.4) is 0 Å². The zero-order valence-corrected chi connectivity index (χ0v) is 21.8. The number of hydrogen-bond donors (Lipinski definition) is 3. The lowest BCUT2D eigenvalue weighted by Crippen LogP contribution is -2.21. The van der Waals surface area contributed by atoms with Crippen molar-refractivity contribution in [2.75, 3.05) is 14.2 Å². The molecule has 0 aromatic heterocycles. The number of hydrogen-bond acceptors (Lipinski definition) is 8. The maximum atomic E-state index is 11.4. The fourth-order valence-corrected chi connectivity index (χ4v) is 3.60. The lowest BCUT2D eigenvalue weighted by Gasteiger charge is -2.12. The third kappa shape index (κ3) is 8.94. The maximum Gasteiger partial charge on any atom is 0.159 e. The summed E-state index contributed by atoms with van der Waals surface area (Å²) in [6.07, 6.45) is 0.715. The van der Waals surface area contributed by atoms with Crippen LogP contribution in [-0.2, 0) is 40.4 Å². The van der Waals surface area contributed by atoms with Crippen LogP contribution < -0.4 is 9.47 Å². The van der Waals surface area contributed by atoms with Crippen molar-refractivity contribution in [1.29, 1.82) is 0 Å². The standard InChI is InChI=1S/2C14H18O4/c2*1-9(16)13(10(2)17)6-11-4-5-12(8-15)14(7-11)18-3/h4-5,7,15-16H,6,8H2,1-3H3;4-5,7,13,15H,6,8H2,1-3H3/b13-9+;. The Hall–Kier alpha value is -3.49. The van der Waals surface area contributed by atoms with Crippen molar-refractivity contribution < 1.29 is 39.2 Å². The van der Waals surface area contributed by atoms with Gasteiger partial charge < -0.3 is 24.8 Å². The van der Waals surface area contributed by atoms with E-state index in [1.165, 1.54) is 41.9 Å². The van der Waals surface area contributed by atoms with Crippen LogP contribution in [0.2, 0.25) is 0 Å². The molecular formula is C28H36O8. The smallest absolute Gasteiger partial charge is 0.159 e. The summed E-state index contributed by atoms with van der Waals surface area (Å²) in [5.74, 6) is 0.164. The molecule has 0 saturated carbocycles. The summed E-state index contributed by atoms with van der Waals surface area (Å²) in [6.45, 7) is 5.56. The third-order valence-electron chi connectivity index (χ3n) is 5.71. The van der Waals surface area contributed by atoms with E-state index in [9.17, 15) is 19.5 Å². The number of carbonyl (C=O) groups excluding carboxylic acids is 3. The van der Waals surface area contributed by atoms with Gasteiger partial charge in [0.25, 0.3) is 0 Å². The van der Waals surface area contributed by atoms with Crippen molar-refractivity contribution in [3.63, 3.8) is 0 Å². The molecule has 0 fully saturated rings. The quantitative estimate of drug-likeness (QED) is 0.242. The summed E-state index contributed by atoms with van der Waals surface area (Å²) in [5, 5.41) is 27.7. The van der Waals surface area contributed by atoms with Gasteiger partial charge in [-0.1, -0.05) is 24.3 Å². The molecule has 196 valence electrons. The zero-order valence-electron chi connectivity index (χ0n) is 21.8. The van der Waals surface area contributed by atoms with Gasteiger partial charge in [-0.05, 0) is 57.4 Å². The number of methoxy groups -OCH3 is 2. The third-order valence-corrected chi connectivity index (χ3v) is 5.71. The molecule has 0 bridgehead atoms. The number of carbonyl (C=O) groups is 3. The monoisotopic (exact) mass is 500 g/mol. The predicted molar refractivity (Wildman–Crippen MR) is 136 cm³/mol. The Kier molecular flexibility index (Phi) is 12.6. The Morgan fingerprint density at radius 1 is 0.778 bits per heavy atom. The number of aliphatic hydroxyl groups is 3. The molecule has 0 atom stereocenters. The summed E-state index contributed by atoms with van der Waals surface area (Å²) in [7, 11) is 3.04. The molecule has 0 saturated heterocycles. The normalized spacial score (nSPS) is 11.2. The molecule has 0 unspecified atom stereocenters. The Bertz CT molecular complexity index is 1080. The second-order valence-corrected chi connectivity index (χ2v) is 8.38. The van der Waals surface area contributed by atoms with E-state index in [4.69, 9.17) is 19.7 Å². The molecule has 0 aliphatic heterocycles. The zero-order chi connectivity index (χ0) is 27.4. The van der Waals surface area contributed by atoms with Gasteiger partial charge in [0.05, 0.1) is 39.1 Å². The van der Waals surface area contributed by atoms with Gasteiger partial charge in [-0.15, -0.1) is 0 Å². The van der Waals surface area contributed by atoms with Crippen LogP contribution in [0.4, 0.5) is 0 Å². The number of ether oxygens (including phenoxy) is 2. The van der Waals surface area contributed by atoms with Gasteiger partial charge in [-0.2, -0.15) is 0 Å². The maximum absolute atomic E-state index is 11.4. The van der Waals surface area contributed by atoms with Crippen molar-refractivity contribution in [3.05, 3.63) is 70.0 Å². The molecule has 0 heterocycles. The van der Waals surface area contributed by atoms with Crippen molar-refractivity contribution >= 4 is 17.3 Å². The molecule has 2 rings (SSSR count). The van der Waals surface area contributed by atoms with E-state index in [0.29, 0.717) is 41.0 Å². The highest BCUT2D eigenvalue weighted by Crippen LogP contribution is 2.23. The summed E-state index contributed by atoms with van der Waals surface area (Å²) >= 11 is 0. The van der Waals surface area contributed by atoms with Gasteiger partial charge >= 0.3 is 0 Å². The topological polar surface area (TPSA) is 130 Å². The van der Waals surface area contributed by atoms with Crippen molar-refractivity contribution in [1.82, 2.24) is 0 Å². The number of allylic oxidation sites excluding steroid dienone is 2. The highest BCUT2D eigenvalue weighted by molar-refractivity contribution is 6.00. The molecule has 0 radical (unpaired) electrons. The van der Waals surface area contributed by atoms with Crippen LogP contribution >= 0.6 is 0 Å². The van der Waals surface area contributed by atoms with E-state index >= 15 is 0 Å². The van der Waals surface area contributed by atoms with E-state index in [2.05, 4.69) is 0 Å². The minimum absolute atomic E-state index is 0.0349. The molecule has 0 spiro atoms. The molecule has 0 aliphatic rings. The first-order chi connectivity index (χ1) is 17.0. The number of ketones is 3. The van der Waals surface area contributed by atoms with Crippen LogP contribution in [0.15, 0.2) is 47.7 Å². The summed E-state index contributed by atoms with van der Waals surface area (Å²) in [6, 6.07) is 10.6. The fourth-order valence-electron chi connectivity index (χ4n) is 3.60. The fraction of sp³-hybridized carbons (Fsp3) is 0.393. The van der Waals surface area contributed by atoms with Gasteiger partial charge in [-0.25, -0.2) is 0 Å². The Morgan fingerprint density at radius 3 is 1.58 bits per heavy atom. The molecule has 2 aromatic rings. The van der Waals surface area contributed by atoms with E-state index in [1.807, 2.05) is 0 Å². The van der Waals surface area contributed by atoms with Gasteiger partial charge in [0, 0.05) is 23.1 Å². The number of benzene rings is 2. The number of Topliss-reactive ketones (excluding diaryl/α,β-unsaturated/α-hetero) is 3. The minimum Gasteiger partial charge on any atom is -0.512 e. The van der Waals surface area contributed by atoms with Crippen LogP contribution in [0.1, 0.15) is 49.9 Å². The van der Waals surface area contributed by atoms with Crippen molar-refractivity contribution in [2.24, 2.45) is 5.92 Å². The highest BCUT2D eigenvalue weighted by Gasteiger charge is 2.20. The summed E-state index contributed by atoms with van der Waals surface area (Å²) in [4.78, 5) is 34.1. The first-order valence-corrected chi connectivity index (χ1v) is 11.4. The van der Waals surface area contributed by atoms with Crippen molar-refractivity contribution in [2.45, 2.75) is 53.8 Å². The van der Waals surface area contributed by atoms with Crippen LogP contribution in [-0.4, -0.2) is 46.9 Å². The molecule has 0 amide bonds. The Morgan fingerprint density at radius 2 is 1.22 bits per heavy atom. The molecular weight excluding hydrogens is 464 g/mol. The minimum atomic E-state index is -0.602. The lowest BCUT2D eigenvalue weighted by atomic mass is 9.92. The summed E-state index contributed by atoms with van der Waals surface area (Å²) < 4.78 is 10.3. The molecule has 36 heavy (non-hydrogen) atoms. The van der Waals surface area contributed by atoms with Gasteiger partial charge in [0.1, 0.15) is 23.1 Å². The highest BCUT2D eigenvalue weighted by atomic mass is 16.5. The van der Waals surface area contributed by atoms with E-state index in [0.717, 1.165) is 11.1 Å². The largest absolute Gasteiger partial charge is 0.512 e. The van der Waals surface area contributed by atoms with Crippen LogP contribution in [0.5, 0.6) is 11.5 Å². The van der Waals surface area contributed by atoms with Crippen molar-refractivity contribution in [3.8, 4) is 11.5 Å². The van der Waals surface area contributed by atoms with Crippen LogP contribution in [0, 0.1) is 5.92 Å². The first-order valence-electron chi connectivity index (χ1n) is 11.4. The van der Waals surface area contributed by atoms with E-state index in [1.54, 1.807) is 36.4 Å². The second-order valence-electron chi connectivity index (χ2n) is 8.38. The molecule has 2 aromatic carbocycles. The Balaban J connectivity index is 0.000000360. The average molecular weight is 501 g/mol. The second kappa shape index (κ2) is 14.8. The molecule has 3 N–H and O–H groups in total. The Labute approximate surface area is 212 Å². The molecule has 8 heteroatoms. The van der Waals surface area contributed by atoms with Gasteiger partial charge in [0.15, 0.2) is 5.78 Å². The predicted octanol–water partition coefficient (Wildman–Crippen LogP) is 3.68. The number of rotatable bonds is 11. The first kappa shape index (κ1) is 30.5. The lowest BCUT2D eigenvalue weighted by molar-refractivity contribution is -0.130.